The summed E-state index contributed by atoms with van der Waals surface area (Å²) in [5, 5.41) is 12.7. The van der Waals surface area contributed by atoms with E-state index < -0.39 is 11.9 Å². The van der Waals surface area contributed by atoms with Crippen LogP contribution in [0.25, 0.3) is 11.0 Å². The average Bonchev–Trinajstić information content (AvgIpc) is 2.80. The van der Waals surface area contributed by atoms with Gasteiger partial charge >= 0.3 is 5.97 Å². The second-order valence-corrected chi connectivity index (χ2v) is 8.37. The highest BCUT2D eigenvalue weighted by Gasteiger charge is 2.21. The number of pyridine rings is 1. The number of unbranched alkanes of at least 4 members (excludes halogenated alkanes) is 1. The summed E-state index contributed by atoms with van der Waals surface area (Å²) < 4.78 is 0. The Morgan fingerprint density at radius 1 is 1.03 bits per heavy atom. The van der Waals surface area contributed by atoms with E-state index in [1.54, 1.807) is 6.20 Å². The molecule has 0 saturated heterocycles. The minimum Gasteiger partial charge on any atom is -0.481 e. The summed E-state index contributed by atoms with van der Waals surface area (Å²) >= 11 is 0. The Kier molecular flexibility index (Phi) is 7.04. The van der Waals surface area contributed by atoms with Gasteiger partial charge in [0.25, 0.3) is 0 Å². The Hall–Kier alpha value is -3.35. The third-order valence-corrected chi connectivity index (χ3v) is 5.87. The van der Waals surface area contributed by atoms with Crippen LogP contribution in [-0.2, 0) is 22.4 Å². The van der Waals surface area contributed by atoms with Gasteiger partial charge in [0.2, 0.25) is 0 Å². The summed E-state index contributed by atoms with van der Waals surface area (Å²) in [6, 6.07) is 11.7. The van der Waals surface area contributed by atoms with Crippen molar-refractivity contribution in [2.75, 3.05) is 11.9 Å². The molecule has 3 heterocycles. The number of Topliss-reactive ketones (excluding diaryl/α,β-unsaturated/α-hetero) is 1. The lowest BCUT2D eigenvalue weighted by molar-refractivity contribution is -0.137. The number of aromatic nitrogens is 3. The van der Waals surface area contributed by atoms with Crippen molar-refractivity contribution in [2.45, 2.75) is 57.3 Å². The van der Waals surface area contributed by atoms with Gasteiger partial charge in [0, 0.05) is 37.2 Å². The molecule has 32 heavy (non-hydrogen) atoms. The number of hydrogen-bond acceptors (Lipinski definition) is 6. The van der Waals surface area contributed by atoms with E-state index >= 15 is 0 Å². The summed E-state index contributed by atoms with van der Waals surface area (Å²) in [5.41, 5.74) is 4.34. The standard InChI is InChI=1S/C25H28N4O3/c30-20(8-2-1-7-19-12-11-17-6-5-13-26-25(17)28-19)14-18(15-24(31)32)23-16-27-21-9-3-4-10-22(21)29-23/h3-4,9-12,16,18H,1-2,5-8,13-15H2,(H,26,28)(H,31,32)/t18-/m1/s1. The molecule has 4 rings (SSSR count). The largest absolute Gasteiger partial charge is 0.481 e. The fourth-order valence-electron chi connectivity index (χ4n) is 4.17. The van der Waals surface area contributed by atoms with Gasteiger partial charge in [-0.15, -0.1) is 0 Å². The molecule has 0 bridgehead atoms. The topological polar surface area (TPSA) is 105 Å². The van der Waals surface area contributed by atoms with Crippen molar-refractivity contribution in [1.82, 2.24) is 15.0 Å². The number of ketones is 1. The van der Waals surface area contributed by atoms with Gasteiger partial charge in [0.15, 0.2) is 0 Å². The summed E-state index contributed by atoms with van der Waals surface area (Å²) in [4.78, 5) is 37.6. The predicted molar refractivity (Wildman–Crippen MR) is 123 cm³/mol. The summed E-state index contributed by atoms with van der Waals surface area (Å²) in [6.45, 7) is 0.969. The number of anilines is 1. The molecule has 1 aromatic carbocycles. The molecule has 3 aromatic rings. The van der Waals surface area contributed by atoms with Gasteiger partial charge in [-0.1, -0.05) is 18.2 Å². The average molecular weight is 433 g/mol. The van der Waals surface area contributed by atoms with Crippen molar-refractivity contribution in [1.29, 1.82) is 0 Å². The van der Waals surface area contributed by atoms with Gasteiger partial charge in [0.1, 0.15) is 11.6 Å². The first-order chi connectivity index (χ1) is 15.6. The molecule has 2 aromatic heterocycles. The molecule has 1 aliphatic rings. The number of carboxylic acids is 1. The van der Waals surface area contributed by atoms with E-state index in [0.29, 0.717) is 17.6 Å². The molecule has 1 atom stereocenters. The van der Waals surface area contributed by atoms with Crippen molar-refractivity contribution < 1.29 is 14.7 Å². The van der Waals surface area contributed by atoms with Gasteiger partial charge in [0.05, 0.1) is 23.1 Å². The smallest absolute Gasteiger partial charge is 0.304 e. The molecule has 7 nitrogen and oxygen atoms in total. The van der Waals surface area contributed by atoms with Gasteiger partial charge < -0.3 is 10.4 Å². The maximum Gasteiger partial charge on any atom is 0.304 e. The first kappa shape index (κ1) is 21.9. The second-order valence-electron chi connectivity index (χ2n) is 8.37. The van der Waals surface area contributed by atoms with Crippen LogP contribution in [0, 0.1) is 0 Å². The highest BCUT2D eigenvalue weighted by Crippen LogP contribution is 2.25. The number of nitrogens with one attached hydrogen (secondary N) is 1. The van der Waals surface area contributed by atoms with E-state index in [-0.39, 0.29) is 18.6 Å². The highest BCUT2D eigenvalue weighted by atomic mass is 16.4. The lowest BCUT2D eigenvalue weighted by Gasteiger charge is -2.17. The molecule has 0 fully saturated rings. The first-order valence-electron chi connectivity index (χ1n) is 11.3. The third kappa shape index (κ3) is 5.66. The van der Waals surface area contributed by atoms with Crippen LogP contribution in [0.5, 0.6) is 0 Å². The van der Waals surface area contributed by atoms with Crippen LogP contribution < -0.4 is 5.32 Å². The van der Waals surface area contributed by atoms with Gasteiger partial charge in [-0.3, -0.25) is 14.6 Å². The van der Waals surface area contributed by atoms with Crippen molar-refractivity contribution in [3.05, 3.63) is 59.5 Å². The lowest BCUT2D eigenvalue weighted by atomic mass is 9.93. The normalized spacial score (nSPS) is 13.9. The van der Waals surface area contributed by atoms with Crippen LogP contribution in [0.3, 0.4) is 0 Å². The predicted octanol–water partition coefficient (Wildman–Crippen LogP) is 4.31. The van der Waals surface area contributed by atoms with E-state index in [4.69, 9.17) is 4.98 Å². The zero-order chi connectivity index (χ0) is 22.3. The minimum absolute atomic E-state index is 0.0614. The van der Waals surface area contributed by atoms with E-state index in [2.05, 4.69) is 27.4 Å². The third-order valence-electron chi connectivity index (χ3n) is 5.87. The van der Waals surface area contributed by atoms with E-state index in [9.17, 15) is 14.7 Å². The van der Waals surface area contributed by atoms with E-state index in [0.717, 1.165) is 55.7 Å². The van der Waals surface area contributed by atoms with Crippen molar-refractivity contribution >= 4 is 28.6 Å². The Balaban J connectivity index is 1.30. The van der Waals surface area contributed by atoms with Crippen LogP contribution in [0.1, 0.15) is 61.4 Å². The lowest BCUT2D eigenvalue weighted by Crippen LogP contribution is -2.14. The van der Waals surface area contributed by atoms with Gasteiger partial charge in [-0.25, -0.2) is 9.97 Å². The molecule has 0 radical (unpaired) electrons. The Labute approximate surface area is 187 Å². The second kappa shape index (κ2) is 10.3. The molecule has 1 aliphatic heterocycles. The molecule has 0 saturated carbocycles. The zero-order valence-electron chi connectivity index (χ0n) is 18.1. The fourth-order valence-corrected chi connectivity index (χ4v) is 4.17. The van der Waals surface area contributed by atoms with Gasteiger partial charge in [-0.05, 0) is 55.9 Å². The summed E-state index contributed by atoms with van der Waals surface area (Å²) in [6.07, 6.45) is 6.74. The molecule has 0 amide bonds. The maximum absolute atomic E-state index is 12.6. The van der Waals surface area contributed by atoms with Crippen LogP contribution >= 0.6 is 0 Å². The Morgan fingerprint density at radius 2 is 1.88 bits per heavy atom. The maximum atomic E-state index is 12.6. The summed E-state index contributed by atoms with van der Waals surface area (Å²) in [5.74, 6) is -0.348. The highest BCUT2D eigenvalue weighted by molar-refractivity contribution is 5.80. The molecular formula is C25H28N4O3. The van der Waals surface area contributed by atoms with Crippen LogP contribution in [0.15, 0.2) is 42.6 Å². The molecule has 0 unspecified atom stereocenters. The molecule has 0 aliphatic carbocycles. The number of fused-ring (bicyclic) bond motifs is 2. The molecule has 0 spiro atoms. The number of aliphatic carboxylic acids is 1. The number of para-hydroxylation sites is 2. The molecule has 7 heteroatoms. The Bertz CT molecular complexity index is 1120. The zero-order valence-corrected chi connectivity index (χ0v) is 18.1. The SMILES string of the molecule is O=C(O)C[C@@H](CC(=O)CCCCc1ccc2c(n1)NCCC2)c1cnc2ccccc2n1. The number of carbonyl (C=O) groups excluding carboxylic acids is 1. The minimum atomic E-state index is -0.940. The number of carbonyl (C=O) groups is 2. The number of carboxylic acid groups (broad SMARTS) is 1. The van der Waals surface area contributed by atoms with Crippen LogP contribution in [0.4, 0.5) is 5.82 Å². The van der Waals surface area contributed by atoms with Gasteiger partial charge in [-0.2, -0.15) is 0 Å². The van der Waals surface area contributed by atoms with Crippen LogP contribution in [0.2, 0.25) is 0 Å². The van der Waals surface area contributed by atoms with Crippen LogP contribution in [-0.4, -0.2) is 38.4 Å². The number of benzene rings is 1. The molecular weight excluding hydrogens is 404 g/mol. The number of hydrogen-bond donors (Lipinski definition) is 2. The molecule has 2 N–H and O–H groups in total. The van der Waals surface area contributed by atoms with E-state index in [1.165, 1.54) is 5.56 Å². The Morgan fingerprint density at radius 3 is 2.72 bits per heavy atom. The van der Waals surface area contributed by atoms with Crippen molar-refractivity contribution in [3.63, 3.8) is 0 Å². The van der Waals surface area contributed by atoms with Crippen molar-refractivity contribution in [3.8, 4) is 0 Å². The van der Waals surface area contributed by atoms with Crippen molar-refractivity contribution in [2.24, 2.45) is 0 Å². The quantitative estimate of drug-likeness (QED) is 0.460. The number of nitrogens with zero attached hydrogens (tertiary/aromatic N) is 3. The molecule has 166 valence electrons. The van der Waals surface area contributed by atoms with E-state index in [1.807, 2.05) is 24.3 Å². The first-order valence-corrected chi connectivity index (χ1v) is 11.3. The number of aryl methyl sites for hydroxylation is 2. The number of rotatable bonds is 10. The fraction of sp³-hybridized carbons (Fsp3) is 0.400. The monoisotopic (exact) mass is 432 g/mol. The summed E-state index contributed by atoms with van der Waals surface area (Å²) in [7, 11) is 0.